The van der Waals surface area contributed by atoms with Crippen molar-refractivity contribution in [1.29, 1.82) is 0 Å². The summed E-state index contributed by atoms with van der Waals surface area (Å²) >= 11 is 0. The Kier molecular flexibility index (Phi) is 3.88. The van der Waals surface area contributed by atoms with Gasteiger partial charge in [0.25, 0.3) is 0 Å². The van der Waals surface area contributed by atoms with Crippen LogP contribution in [-0.4, -0.2) is 55.1 Å². The Morgan fingerprint density at radius 3 is 2.44 bits per heavy atom. The first kappa shape index (κ1) is 12.3. The Morgan fingerprint density at radius 1 is 1.25 bits per heavy atom. The third-order valence-corrected chi connectivity index (χ3v) is 4.82. The van der Waals surface area contributed by atoms with Gasteiger partial charge in [0.1, 0.15) is 0 Å². The van der Waals surface area contributed by atoms with Gasteiger partial charge < -0.3 is 10.6 Å². The summed E-state index contributed by atoms with van der Waals surface area (Å²) in [6.45, 7) is 8.01. The van der Waals surface area contributed by atoms with E-state index in [1.165, 1.54) is 51.9 Å². The first-order valence-electron chi connectivity index (χ1n) is 6.84. The zero-order valence-corrected chi connectivity index (χ0v) is 10.9. The molecule has 16 heavy (non-hydrogen) atoms. The molecular weight excluding hydrogens is 198 g/mol. The molecule has 1 saturated carbocycles. The van der Waals surface area contributed by atoms with Crippen LogP contribution in [0, 0.1) is 5.92 Å². The number of nitrogens with zero attached hydrogens (tertiary/aromatic N) is 2. The van der Waals surface area contributed by atoms with Crippen molar-refractivity contribution in [2.75, 3.05) is 39.8 Å². The molecule has 0 aromatic carbocycles. The lowest BCUT2D eigenvalue weighted by Crippen LogP contribution is -2.58. The van der Waals surface area contributed by atoms with Gasteiger partial charge in [-0.1, -0.05) is 13.3 Å². The largest absolute Gasteiger partial charge is 0.329 e. The molecule has 2 unspecified atom stereocenters. The van der Waals surface area contributed by atoms with Gasteiger partial charge in [0.15, 0.2) is 0 Å². The number of hydrogen-bond acceptors (Lipinski definition) is 3. The van der Waals surface area contributed by atoms with E-state index in [0.29, 0.717) is 5.54 Å². The molecule has 94 valence electrons. The fourth-order valence-corrected chi connectivity index (χ4v) is 3.45. The molecule has 1 aliphatic carbocycles. The molecule has 2 rings (SSSR count). The van der Waals surface area contributed by atoms with Crippen molar-refractivity contribution in [3.8, 4) is 0 Å². The Bertz CT molecular complexity index is 223. The van der Waals surface area contributed by atoms with Crippen molar-refractivity contribution >= 4 is 0 Å². The topological polar surface area (TPSA) is 32.5 Å². The van der Waals surface area contributed by atoms with Crippen LogP contribution < -0.4 is 5.73 Å². The minimum absolute atomic E-state index is 0.349. The van der Waals surface area contributed by atoms with Crippen molar-refractivity contribution in [3.63, 3.8) is 0 Å². The fourth-order valence-electron chi connectivity index (χ4n) is 3.45. The van der Waals surface area contributed by atoms with Crippen LogP contribution >= 0.6 is 0 Å². The second kappa shape index (κ2) is 5.03. The van der Waals surface area contributed by atoms with Crippen LogP contribution in [-0.2, 0) is 0 Å². The van der Waals surface area contributed by atoms with Crippen molar-refractivity contribution in [3.05, 3.63) is 0 Å². The summed E-state index contributed by atoms with van der Waals surface area (Å²) in [5, 5.41) is 0. The second-order valence-electron chi connectivity index (χ2n) is 5.74. The van der Waals surface area contributed by atoms with E-state index < -0.39 is 0 Å². The third-order valence-electron chi connectivity index (χ3n) is 4.82. The number of nitrogens with two attached hydrogens (primary N) is 1. The Labute approximate surface area is 100.0 Å². The highest BCUT2D eigenvalue weighted by atomic mass is 15.3. The lowest BCUT2D eigenvalue weighted by atomic mass is 9.92. The molecule has 0 aromatic heterocycles. The molecule has 2 atom stereocenters. The quantitative estimate of drug-likeness (QED) is 0.782. The van der Waals surface area contributed by atoms with Crippen molar-refractivity contribution in [1.82, 2.24) is 9.80 Å². The predicted molar refractivity (Wildman–Crippen MR) is 68.5 cm³/mol. The monoisotopic (exact) mass is 225 g/mol. The summed E-state index contributed by atoms with van der Waals surface area (Å²) in [6, 6.07) is 0. The minimum Gasteiger partial charge on any atom is -0.329 e. The van der Waals surface area contributed by atoms with E-state index >= 15 is 0 Å². The van der Waals surface area contributed by atoms with Gasteiger partial charge in [0, 0.05) is 38.3 Å². The molecule has 0 bridgehead atoms. The summed E-state index contributed by atoms with van der Waals surface area (Å²) in [5.41, 5.74) is 6.45. The first-order valence-corrected chi connectivity index (χ1v) is 6.84. The maximum absolute atomic E-state index is 6.10. The smallest absolute Gasteiger partial charge is 0.0335 e. The van der Waals surface area contributed by atoms with Crippen LogP contribution in [0.1, 0.15) is 32.6 Å². The highest BCUT2D eigenvalue weighted by Crippen LogP contribution is 2.40. The summed E-state index contributed by atoms with van der Waals surface area (Å²) in [5.74, 6) is 0.920. The molecule has 2 fully saturated rings. The maximum atomic E-state index is 6.10. The number of likely N-dealkylation sites (N-methyl/N-ethyl adjacent to an activating group) is 1. The molecule has 0 amide bonds. The van der Waals surface area contributed by atoms with E-state index in [1.54, 1.807) is 0 Å². The summed E-state index contributed by atoms with van der Waals surface area (Å²) in [4.78, 5) is 5.11. The van der Waals surface area contributed by atoms with Crippen LogP contribution in [0.3, 0.4) is 0 Å². The zero-order chi connectivity index (χ0) is 11.6. The Hall–Kier alpha value is -0.120. The first-order chi connectivity index (χ1) is 7.70. The van der Waals surface area contributed by atoms with Crippen LogP contribution in [0.4, 0.5) is 0 Å². The van der Waals surface area contributed by atoms with Crippen molar-refractivity contribution < 1.29 is 0 Å². The van der Waals surface area contributed by atoms with Gasteiger partial charge in [-0.05, 0) is 32.2 Å². The normalized spacial score (nSPS) is 38.1. The highest BCUT2D eigenvalue weighted by Gasteiger charge is 2.42. The molecule has 0 spiro atoms. The number of piperazine rings is 1. The number of hydrogen-bond donors (Lipinski definition) is 1. The van der Waals surface area contributed by atoms with Gasteiger partial charge >= 0.3 is 0 Å². The molecule has 2 N–H and O–H groups in total. The van der Waals surface area contributed by atoms with Crippen LogP contribution in [0.5, 0.6) is 0 Å². The predicted octanol–water partition coefficient (Wildman–Crippen LogP) is 1.14. The van der Waals surface area contributed by atoms with E-state index in [2.05, 4.69) is 23.8 Å². The molecule has 1 aliphatic heterocycles. The summed E-state index contributed by atoms with van der Waals surface area (Å²) in [6.07, 6.45) is 5.38. The molecule has 0 aromatic rings. The SMILES string of the molecule is CCC1CCC(CN)(N2CCN(C)CC2)C1. The van der Waals surface area contributed by atoms with E-state index in [1.807, 2.05) is 0 Å². The van der Waals surface area contributed by atoms with Crippen LogP contribution in [0.15, 0.2) is 0 Å². The molecule has 0 radical (unpaired) electrons. The van der Waals surface area contributed by atoms with Crippen molar-refractivity contribution in [2.45, 2.75) is 38.1 Å². The van der Waals surface area contributed by atoms with E-state index in [9.17, 15) is 0 Å². The van der Waals surface area contributed by atoms with Gasteiger partial charge in [-0.3, -0.25) is 4.90 Å². The molecular formula is C13H27N3. The second-order valence-corrected chi connectivity index (χ2v) is 5.74. The van der Waals surface area contributed by atoms with E-state index in [4.69, 9.17) is 5.73 Å². The minimum atomic E-state index is 0.349. The Balaban J connectivity index is 1.99. The van der Waals surface area contributed by atoms with Gasteiger partial charge in [-0.2, -0.15) is 0 Å². The molecule has 3 nitrogen and oxygen atoms in total. The standard InChI is InChI=1S/C13H27N3/c1-3-12-4-5-13(10-12,11-14)16-8-6-15(2)7-9-16/h12H,3-11,14H2,1-2H3. The van der Waals surface area contributed by atoms with Gasteiger partial charge in [0.2, 0.25) is 0 Å². The maximum Gasteiger partial charge on any atom is 0.0335 e. The Morgan fingerprint density at radius 2 is 1.94 bits per heavy atom. The van der Waals surface area contributed by atoms with Crippen molar-refractivity contribution in [2.24, 2.45) is 11.7 Å². The van der Waals surface area contributed by atoms with Crippen LogP contribution in [0.2, 0.25) is 0 Å². The van der Waals surface area contributed by atoms with Gasteiger partial charge in [-0.25, -0.2) is 0 Å². The average Bonchev–Trinajstić information content (AvgIpc) is 2.75. The lowest BCUT2D eigenvalue weighted by Gasteiger charge is -2.45. The van der Waals surface area contributed by atoms with Gasteiger partial charge in [-0.15, -0.1) is 0 Å². The zero-order valence-electron chi connectivity index (χ0n) is 10.9. The molecule has 3 heteroatoms. The number of rotatable bonds is 3. The molecule has 1 heterocycles. The van der Waals surface area contributed by atoms with E-state index in [-0.39, 0.29) is 0 Å². The van der Waals surface area contributed by atoms with Gasteiger partial charge in [0.05, 0.1) is 0 Å². The summed E-state index contributed by atoms with van der Waals surface area (Å²) < 4.78 is 0. The lowest BCUT2D eigenvalue weighted by molar-refractivity contribution is 0.0456. The highest BCUT2D eigenvalue weighted by molar-refractivity contribution is 4.99. The fraction of sp³-hybridized carbons (Fsp3) is 1.00. The van der Waals surface area contributed by atoms with Crippen LogP contribution in [0.25, 0.3) is 0 Å². The molecule has 1 saturated heterocycles. The average molecular weight is 225 g/mol. The molecule has 2 aliphatic rings. The third kappa shape index (κ3) is 2.27. The summed E-state index contributed by atoms with van der Waals surface area (Å²) in [7, 11) is 2.22. The van der Waals surface area contributed by atoms with E-state index in [0.717, 1.165) is 12.5 Å².